The standard InChI is InChI=1S/C19H19N3O3S/c1-13(18(23)14-9-10-16(24-2)17(11-14)25-3)26-19-21-20-12-22(19)15-7-5-4-6-8-15/h4-13H,1-3H3. The number of aromatic nitrogens is 3. The van der Waals surface area contributed by atoms with Crippen molar-refractivity contribution in [3.05, 3.63) is 60.4 Å². The first-order valence-corrected chi connectivity index (χ1v) is 8.90. The lowest BCUT2D eigenvalue weighted by Crippen LogP contribution is -2.14. The number of ether oxygens (including phenoxy) is 2. The van der Waals surface area contributed by atoms with E-state index in [4.69, 9.17) is 9.47 Å². The van der Waals surface area contributed by atoms with Crippen molar-refractivity contribution in [1.29, 1.82) is 0 Å². The number of nitrogens with zero attached hydrogens (tertiary/aromatic N) is 3. The number of benzene rings is 2. The molecule has 1 heterocycles. The van der Waals surface area contributed by atoms with E-state index in [1.807, 2.05) is 41.8 Å². The van der Waals surface area contributed by atoms with Crippen LogP contribution in [0.15, 0.2) is 60.0 Å². The van der Waals surface area contributed by atoms with Gasteiger partial charge in [-0.05, 0) is 37.3 Å². The first kappa shape index (κ1) is 18.0. The van der Waals surface area contributed by atoms with Crippen LogP contribution >= 0.6 is 11.8 Å². The molecule has 0 aliphatic heterocycles. The highest BCUT2D eigenvalue weighted by atomic mass is 32.2. The molecule has 0 aliphatic rings. The molecule has 0 N–H and O–H groups in total. The van der Waals surface area contributed by atoms with Gasteiger partial charge >= 0.3 is 0 Å². The number of rotatable bonds is 7. The third-order valence-electron chi connectivity index (χ3n) is 3.87. The molecule has 0 bridgehead atoms. The van der Waals surface area contributed by atoms with Gasteiger partial charge in [-0.15, -0.1) is 10.2 Å². The molecular weight excluding hydrogens is 350 g/mol. The van der Waals surface area contributed by atoms with E-state index in [9.17, 15) is 4.79 Å². The number of methoxy groups -OCH3 is 2. The minimum absolute atomic E-state index is 0.0152. The second kappa shape index (κ2) is 8.05. The summed E-state index contributed by atoms with van der Waals surface area (Å²) in [7, 11) is 3.11. The molecule has 0 fully saturated rings. The van der Waals surface area contributed by atoms with Gasteiger partial charge in [-0.2, -0.15) is 0 Å². The van der Waals surface area contributed by atoms with Crippen molar-refractivity contribution < 1.29 is 14.3 Å². The summed E-state index contributed by atoms with van der Waals surface area (Å²) in [6.07, 6.45) is 1.64. The van der Waals surface area contributed by atoms with Crippen LogP contribution in [0.1, 0.15) is 17.3 Å². The summed E-state index contributed by atoms with van der Waals surface area (Å²) < 4.78 is 12.4. The van der Waals surface area contributed by atoms with Crippen molar-refractivity contribution in [2.75, 3.05) is 14.2 Å². The summed E-state index contributed by atoms with van der Waals surface area (Å²) in [5.41, 5.74) is 1.51. The molecule has 0 spiro atoms. The highest BCUT2D eigenvalue weighted by molar-refractivity contribution is 8.00. The van der Waals surface area contributed by atoms with E-state index < -0.39 is 0 Å². The smallest absolute Gasteiger partial charge is 0.196 e. The van der Waals surface area contributed by atoms with Crippen molar-refractivity contribution in [2.45, 2.75) is 17.3 Å². The Bertz CT molecular complexity index is 896. The Hall–Kier alpha value is -2.80. The molecule has 7 heteroatoms. The number of hydrogen-bond donors (Lipinski definition) is 0. The molecular formula is C19H19N3O3S. The maximum Gasteiger partial charge on any atom is 0.196 e. The average Bonchev–Trinajstić information content (AvgIpc) is 3.15. The summed E-state index contributed by atoms with van der Waals surface area (Å²) in [5, 5.41) is 8.46. The molecule has 1 unspecified atom stereocenters. The summed E-state index contributed by atoms with van der Waals surface area (Å²) in [6.45, 7) is 1.85. The fraction of sp³-hybridized carbons (Fsp3) is 0.211. The lowest BCUT2D eigenvalue weighted by Gasteiger charge is -2.13. The summed E-state index contributed by atoms with van der Waals surface area (Å²) in [5.74, 6) is 1.11. The Labute approximate surface area is 156 Å². The van der Waals surface area contributed by atoms with E-state index in [0.717, 1.165) is 5.69 Å². The highest BCUT2D eigenvalue weighted by Crippen LogP contribution is 2.31. The molecule has 1 aromatic heterocycles. The lowest BCUT2D eigenvalue weighted by atomic mass is 10.1. The lowest BCUT2D eigenvalue weighted by molar-refractivity contribution is 0.0993. The fourth-order valence-electron chi connectivity index (χ4n) is 2.51. The van der Waals surface area contributed by atoms with Crippen LogP contribution in [0.3, 0.4) is 0 Å². The molecule has 0 saturated carbocycles. The van der Waals surface area contributed by atoms with Gasteiger partial charge in [-0.3, -0.25) is 9.36 Å². The number of ketones is 1. The zero-order chi connectivity index (χ0) is 18.5. The monoisotopic (exact) mass is 369 g/mol. The van der Waals surface area contributed by atoms with Gasteiger partial charge in [0.2, 0.25) is 0 Å². The van der Waals surface area contributed by atoms with Crippen LogP contribution in [0.5, 0.6) is 11.5 Å². The molecule has 0 saturated heterocycles. The number of carbonyl (C=O) groups is 1. The fourth-order valence-corrected chi connectivity index (χ4v) is 3.43. The summed E-state index contributed by atoms with van der Waals surface area (Å²) in [6, 6.07) is 14.9. The van der Waals surface area contributed by atoms with Gasteiger partial charge in [0.25, 0.3) is 0 Å². The van der Waals surface area contributed by atoms with Gasteiger partial charge in [-0.25, -0.2) is 0 Å². The van der Waals surface area contributed by atoms with E-state index in [-0.39, 0.29) is 11.0 Å². The molecule has 1 atom stereocenters. The minimum Gasteiger partial charge on any atom is -0.493 e. The van der Waals surface area contributed by atoms with Crippen molar-refractivity contribution in [3.8, 4) is 17.2 Å². The largest absolute Gasteiger partial charge is 0.493 e. The highest BCUT2D eigenvalue weighted by Gasteiger charge is 2.21. The van der Waals surface area contributed by atoms with Crippen molar-refractivity contribution in [3.63, 3.8) is 0 Å². The maximum atomic E-state index is 12.8. The normalized spacial score (nSPS) is 11.8. The zero-order valence-electron chi connectivity index (χ0n) is 14.7. The molecule has 3 aromatic rings. The third-order valence-corrected chi connectivity index (χ3v) is 4.93. The van der Waals surface area contributed by atoms with Gasteiger partial charge < -0.3 is 9.47 Å². The average molecular weight is 369 g/mol. The zero-order valence-corrected chi connectivity index (χ0v) is 15.6. The van der Waals surface area contributed by atoms with E-state index >= 15 is 0 Å². The predicted molar refractivity (Wildman–Crippen MR) is 101 cm³/mol. The summed E-state index contributed by atoms with van der Waals surface area (Å²) >= 11 is 1.37. The molecule has 2 aromatic carbocycles. The third kappa shape index (κ3) is 3.72. The molecule has 0 amide bonds. The minimum atomic E-state index is -0.334. The molecule has 0 radical (unpaired) electrons. The maximum absolute atomic E-state index is 12.8. The quantitative estimate of drug-likeness (QED) is 0.468. The summed E-state index contributed by atoms with van der Waals surface area (Å²) in [4.78, 5) is 12.8. The second-order valence-corrected chi connectivity index (χ2v) is 6.82. The van der Waals surface area contributed by atoms with Gasteiger partial charge in [-0.1, -0.05) is 30.0 Å². The Morgan fingerprint density at radius 1 is 1.08 bits per heavy atom. The Morgan fingerprint density at radius 3 is 2.50 bits per heavy atom. The van der Waals surface area contributed by atoms with E-state index in [1.54, 1.807) is 38.7 Å². The van der Waals surface area contributed by atoms with Crippen LogP contribution in [-0.2, 0) is 0 Å². The Kier molecular flexibility index (Phi) is 5.58. The van der Waals surface area contributed by atoms with Crippen molar-refractivity contribution in [2.24, 2.45) is 0 Å². The number of Topliss-reactive ketones (excluding diaryl/α,β-unsaturated/α-hetero) is 1. The van der Waals surface area contributed by atoms with Gasteiger partial charge in [0.15, 0.2) is 22.4 Å². The number of para-hydroxylation sites is 1. The van der Waals surface area contributed by atoms with Crippen LogP contribution in [0, 0.1) is 0 Å². The second-order valence-electron chi connectivity index (χ2n) is 5.51. The first-order valence-electron chi connectivity index (χ1n) is 8.02. The van der Waals surface area contributed by atoms with Crippen molar-refractivity contribution in [1.82, 2.24) is 14.8 Å². The molecule has 6 nitrogen and oxygen atoms in total. The van der Waals surface area contributed by atoms with E-state index in [0.29, 0.717) is 22.2 Å². The van der Waals surface area contributed by atoms with Crippen LogP contribution < -0.4 is 9.47 Å². The first-order chi connectivity index (χ1) is 12.6. The number of carbonyl (C=O) groups excluding carboxylic acids is 1. The number of thioether (sulfide) groups is 1. The Balaban J connectivity index is 1.80. The number of hydrogen-bond acceptors (Lipinski definition) is 6. The van der Waals surface area contributed by atoms with Crippen molar-refractivity contribution >= 4 is 17.5 Å². The molecule has 0 aliphatic carbocycles. The molecule has 134 valence electrons. The van der Waals surface area contributed by atoms with Crippen LogP contribution in [-0.4, -0.2) is 40.0 Å². The molecule has 3 rings (SSSR count). The van der Waals surface area contributed by atoms with E-state index in [1.165, 1.54) is 11.8 Å². The Morgan fingerprint density at radius 2 is 1.81 bits per heavy atom. The SMILES string of the molecule is COc1ccc(C(=O)C(C)Sc2nncn2-c2ccccc2)cc1OC. The van der Waals surface area contributed by atoms with Gasteiger partial charge in [0.05, 0.1) is 19.5 Å². The predicted octanol–water partition coefficient (Wildman–Crippen LogP) is 3.65. The van der Waals surface area contributed by atoms with Crippen LogP contribution in [0.4, 0.5) is 0 Å². The molecule has 26 heavy (non-hydrogen) atoms. The van der Waals surface area contributed by atoms with Crippen LogP contribution in [0.25, 0.3) is 5.69 Å². The van der Waals surface area contributed by atoms with E-state index in [2.05, 4.69) is 10.2 Å². The van der Waals surface area contributed by atoms with Crippen LogP contribution in [0.2, 0.25) is 0 Å². The van der Waals surface area contributed by atoms with Gasteiger partial charge in [0, 0.05) is 11.3 Å². The van der Waals surface area contributed by atoms with Gasteiger partial charge in [0.1, 0.15) is 6.33 Å². The topological polar surface area (TPSA) is 66.2 Å².